The molecular weight excluding hydrogens is 248 g/mol. The average Bonchev–Trinajstić information content (AvgIpc) is 2.53. The van der Waals surface area contributed by atoms with Crippen molar-refractivity contribution in [1.29, 1.82) is 0 Å². The van der Waals surface area contributed by atoms with E-state index >= 15 is 0 Å². The third-order valence-corrected chi connectivity index (χ3v) is 3.65. The summed E-state index contributed by atoms with van der Waals surface area (Å²) in [5, 5.41) is 10.0. The number of aliphatic hydroxyl groups excluding tert-OH is 1. The largest absolute Gasteiger partial charge is 0.491 e. The van der Waals surface area contributed by atoms with E-state index < -0.39 is 6.10 Å². The average molecular weight is 270 g/mol. The first-order valence-corrected chi connectivity index (χ1v) is 7.16. The molecule has 0 aliphatic rings. The highest BCUT2D eigenvalue weighted by Gasteiger charge is 2.08. The third-order valence-electron chi connectivity index (χ3n) is 3.65. The minimum absolute atomic E-state index is 0.271. The van der Waals surface area contributed by atoms with E-state index in [4.69, 9.17) is 4.74 Å². The third kappa shape index (κ3) is 3.84. The van der Waals surface area contributed by atoms with E-state index in [2.05, 4.69) is 26.0 Å². The fourth-order valence-electron chi connectivity index (χ4n) is 2.07. The summed E-state index contributed by atoms with van der Waals surface area (Å²) in [5.74, 6) is 1.37. The van der Waals surface area contributed by atoms with Crippen molar-refractivity contribution in [3.63, 3.8) is 0 Å². The molecule has 106 valence electrons. The summed E-state index contributed by atoms with van der Waals surface area (Å²) < 4.78 is 5.64. The highest BCUT2D eigenvalue weighted by molar-refractivity contribution is 5.29. The molecule has 0 saturated carbocycles. The molecule has 0 radical (unpaired) electrons. The minimum Gasteiger partial charge on any atom is -0.491 e. The topological polar surface area (TPSA) is 29.5 Å². The van der Waals surface area contributed by atoms with Gasteiger partial charge in [0, 0.05) is 0 Å². The molecule has 0 aliphatic heterocycles. The summed E-state index contributed by atoms with van der Waals surface area (Å²) in [6.45, 7) is 4.67. The molecule has 0 fully saturated rings. The van der Waals surface area contributed by atoms with E-state index in [-0.39, 0.29) is 6.61 Å². The van der Waals surface area contributed by atoms with Crippen molar-refractivity contribution in [1.82, 2.24) is 0 Å². The van der Waals surface area contributed by atoms with Gasteiger partial charge in [-0.05, 0) is 35.6 Å². The van der Waals surface area contributed by atoms with Gasteiger partial charge in [0.05, 0.1) is 0 Å². The lowest BCUT2D eigenvalue weighted by molar-refractivity contribution is 0.108. The van der Waals surface area contributed by atoms with E-state index in [9.17, 15) is 5.11 Å². The lowest BCUT2D eigenvalue weighted by atomic mass is 9.99. The molecule has 2 unspecified atom stereocenters. The summed E-state index contributed by atoms with van der Waals surface area (Å²) in [6, 6.07) is 17.7. The standard InChI is InChI=1S/C18H22O2/c1-3-14(2)15-9-11-17(12-10-15)20-13-18(19)16-7-5-4-6-8-16/h4-12,14,18-19H,3,13H2,1-2H3. The minimum atomic E-state index is -0.592. The summed E-state index contributed by atoms with van der Waals surface area (Å²) >= 11 is 0. The van der Waals surface area contributed by atoms with Crippen LogP contribution in [0.2, 0.25) is 0 Å². The fraction of sp³-hybridized carbons (Fsp3) is 0.333. The summed E-state index contributed by atoms with van der Waals surface area (Å²) in [4.78, 5) is 0. The molecule has 0 aromatic heterocycles. The van der Waals surface area contributed by atoms with Crippen molar-refractivity contribution in [2.24, 2.45) is 0 Å². The maximum Gasteiger partial charge on any atom is 0.119 e. The Kier molecular flexibility index (Phi) is 5.19. The number of rotatable bonds is 6. The number of aliphatic hydroxyl groups is 1. The molecule has 2 aromatic carbocycles. The van der Waals surface area contributed by atoms with Crippen molar-refractivity contribution in [2.45, 2.75) is 32.3 Å². The molecule has 20 heavy (non-hydrogen) atoms. The zero-order chi connectivity index (χ0) is 14.4. The van der Waals surface area contributed by atoms with Crippen LogP contribution in [0.5, 0.6) is 5.75 Å². The first-order valence-electron chi connectivity index (χ1n) is 7.16. The Labute approximate surface area is 121 Å². The normalized spacial score (nSPS) is 13.8. The van der Waals surface area contributed by atoms with Crippen molar-refractivity contribution in [2.75, 3.05) is 6.61 Å². The predicted molar refractivity (Wildman–Crippen MR) is 82.0 cm³/mol. The molecule has 1 N–H and O–H groups in total. The van der Waals surface area contributed by atoms with Gasteiger partial charge in [-0.1, -0.05) is 56.3 Å². The van der Waals surface area contributed by atoms with Crippen LogP contribution >= 0.6 is 0 Å². The van der Waals surface area contributed by atoms with Gasteiger partial charge < -0.3 is 9.84 Å². The van der Waals surface area contributed by atoms with Crippen LogP contribution in [0.25, 0.3) is 0 Å². The quantitative estimate of drug-likeness (QED) is 0.847. The van der Waals surface area contributed by atoms with Gasteiger partial charge in [0.25, 0.3) is 0 Å². The Hall–Kier alpha value is -1.80. The molecule has 0 heterocycles. The molecule has 2 rings (SSSR count). The van der Waals surface area contributed by atoms with Gasteiger partial charge in [-0.15, -0.1) is 0 Å². The molecule has 2 aromatic rings. The number of hydrogen-bond donors (Lipinski definition) is 1. The van der Waals surface area contributed by atoms with Crippen molar-refractivity contribution >= 4 is 0 Å². The van der Waals surface area contributed by atoms with E-state index in [1.165, 1.54) is 5.56 Å². The SMILES string of the molecule is CCC(C)c1ccc(OCC(O)c2ccccc2)cc1. The van der Waals surface area contributed by atoms with Crippen molar-refractivity contribution in [3.05, 3.63) is 65.7 Å². The monoisotopic (exact) mass is 270 g/mol. The molecule has 2 heteroatoms. The Balaban J connectivity index is 1.91. The Morgan fingerprint density at radius 1 is 0.950 bits per heavy atom. The van der Waals surface area contributed by atoms with Crippen molar-refractivity contribution in [3.8, 4) is 5.75 Å². The number of ether oxygens (including phenoxy) is 1. The maximum absolute atomic E-state index is 10.0. The highest BCUT2D eigenvalue weighted by Crippen LogP contribution is 2.22. The Morgan fingerprint density at radius 2 is 1.60 bits per heavy atom. The first-order chi connectivity index (χ1) is 9.70. The van der Waals surface area contributed by atoms with E-state index in [1.54, 1.807) is 0 Å². The van der Waals surface area contributed by atoms with Gasteiger partial charge >= 0.3 is 0 Å². The summed E-state index contributed by atoms with van der Waals surface area (Å²) in [5.41, 5.74) is 2.20. The zero-order valence-electron chi connectivity index (χ0n) is 12.1. The van der Waals surface area contributed by atoms with Gasteiger partial charge in [0.1, 0.15) is 18.5 Å². The second-order valence-electron chi connectivity index (χ2n) is 5.12. The van der Waals surface area contributed by atoms with Crippen LogP contribution in [0.1, 0.15) is 43.4 Å². The number of benzene rings is 2. The lowest BCUT2D eigenvalue weighted by Crippen LogP contribution is -2.09. The van der Waals surface area contributed by atoms with Gasteiger partial charge in [-0.25, -0.2) is 0 Å². The first kappa shape index (κ1) is 14.6. The van der Waals surface area contributed by atoms with Crippen LogP contribution in [-0.4, -0.2) is 11.7 Å². The molecule has 0 saturated heterocycles. The summed E-state index contributed by atoms with van der Waals surface area (Å²) in [6.07, 6.45) is 0.540. The molecule has 0 bridgehead atoms. The van der Waals surface area contributed by atoms with Gasteiger partial charge in [0.15, 0.2) is 0 Å². The van der Waals surface area contributed by atoms with E-state index in [1.807, 2.05) is 42.5 Å². The smallest absolute Gasteiger partial charge is 0.119 e. The number of hydrogen-bond acceptors (Lipinski definition) is 2. The fourth-order valence-corrected chi connectivity index (χ4v) is 2.07. The maximum atomic E-state index is 10.0. The van der Waals surface area contributed by atoms with Gasteiger partial charge in [-0.2, -0.15) is 0 Å². The predicted octanol–water partition coefficient (Wildman–Crippen LogP) is 4.31. The highest BCUT2D eigenvalue weighted by atomic mass is 16.5. The van der Waals surface area contributed by atoms with E-state index in [0.29, 0.717) is 5.92 Å². The second-order valence-corrected chi connectivity index (χ2v) is 5.12. The van der Waals surface area contributed by atoms with Crippen LogP contribution in [-0.2, 0) is 0 Å². The molecular formula is C18H22O2. The molecule has 0 aliphatic carbocycles. The molecule has 0 amide bonds. The van der Waals surface area contributed by atoms with Crippen LogP contribution < -0.4 is 4.74 Å². The van der Waals surface area contributed by atoms with Crippen LogP contribution in [0.15, 0.2) is 54.6 Å². The van der Waals surface area contributed by atoms with Gasteiger partial charge in [0.2, 0.25) is 0 Å². The molecule has 0 spiro atoms. The molecule has 2 nitrogen and oxygen atoms in total. The van der Waals surface area contributed by atoms with Crippen LogP contribution in [0.4, 0.5) is 0 Å². The summed E-state index contributed by atoms with van der Waals surface area (Å²) in [7, 11) is 0. The van der Waals surface area contributed by atoms with Gasteiger partial charge in [-0.3, -0.25) is 0 Å². The lowest BCUT2D eigenvalue weighted by Gasteiger charge is -2.14. The van der Waals surface area contributed by atoms with Crippen LogP contribution in [0.3, 0.4) is 0 Å². The van der Waals surface area contributed by atoms with E-state index in [0.717, 1.165) is 17.7 Å². The Morgan fingerprint density at radius 3 is 2.20 bits per heavy atom. The molecule has 2 atom stereocenters. The van der Waals surface area contributed by atoms with Crippen molar-refractivity contribution < 1.29 is 9.84 Å². The zero-order valence-corrected chi connectivity index (χ0v) is 12.1. The Bertz CT molecular complexity index is 505. The van der Waals surface area contributed by atoms with Crippen LogP contribution in [0, 0.1) is 0 Å². The second kappa shape index (κ2) is 7.11.